The Labute approximate surface area is 143 Å². The molecule has 0 bridgehead atoms. The van der Waals surface area contributed by atoms with E-state index >= 15 is 0 Å². The summed E-state index contributed by atoms with van der Waals surface area (Å²) in [4.78, 5) is 11.7. The monoisotopic (exact) mass is 353 g/mol. The summed E-state index contributed by atoms with van der Waals surface area (Å²) in [5.41, 5.74) is 0.879. The molecule has 0 aliphatic rings. The fourth-order valence-electron chi connectivity index (χ4n) is 2.09. The average molecular weight is 353 g/mol. The van der Waals surface area contributed by atoms with E-state index in [9.17, 15) is 18.0 Å². The van der Waals surface area contributed by atoms with Gasteiger partial charge in [-0.25, -0.2) is 4.39 Å². The van der Waals surface area contributed by atoms with Gasteiger partial charge in [0.05, 0.1) is 13.0 Å². The molecule has 134 valence electrons. The lowest BCUT2D eigenvalue weighted by Crippen LogP contribution is -2.27. The minimum atomic E-state index is -2.85. The lowest BCUT2D eigenvalue weighted by molar-refractivity contribution is -0.121. The number of hydrogen-bond donors (Lipinski definition) is 1. The van der Waals surface area contributed by atoms with E-state index in [1.807, 2.05) is 0 Å². The fourth-order valence-corrected chi connectivity index (χ4v) is 2.09. The van der Waals surface area contributed by atoms with Gasteiger partial charge in [-0.15, -0.1) is 0 Å². The first-order valence-electron chi connectivity index (χ1n) is 7.72. The van der Waals surface area contributed by atoms with Crippen LogP contribution in [0.15, 0.2) is 48.5 Å². The summed E-state index contributed by atoms with van der Waals surface area (Å²) in [5, 5.41) is 2.71. The second-order valence-corrected chi connectivity index (χ2v) is 5.15. The molecule has 0 atom stereocenters. The van der Waals surface area contributed by atoms with E-state index < -0.39 is 12.4 Å². The Bertz CT molecular complexity index is 678. The number of rotatable bonds is 9. The summed E-state index contributed by atoms with van der Waals surface area (Å²) in [6.07, 6.45) is 0.657. The van der Waals surface area contributed by atoms with Crippen LogP contribution >= 0.6 is 0 Å². The summed E-state index contributed by atoms with van der Waals surface area (Å²) < 4.78 is 46.9. The van der Waals surface area contributed by atoms with Gasteiger partial charge in [0.1, 0.15) is 5.75 Å². The molecule has 25 heavy (non-hydrogen) atoms. The van der Waals surface area contributed by atoms with E-state index in [4.69, 9.17) is 4.74 Å². The molecule has 0 aliphatic carbocycles. The number of para-hydroxylation sites is 1. The molecule has 1 N–H and O–H groups in total. The van der Waals surface area contributed by atoms with Crippen molar-refractivity contribution >= 4 is 5.91 Å². The summed E-state index contributed by atoms with van der Waals surface area (Å²) in [7, 11) is 0. The summed E-state index contributed by atoms with van der Waals surface area (Å²) in [5.74, 6) is -0.481. The highest BCUT2D eigenvalue weighted by atomic mass is 19.3. The largest absolute Gasteiger partial charge is 0.490 e. The molecule has 2 rings (SSSR count). The van der Waals surface area contributed by atoms with Gasteiger partial charge in [-0.1, -0.05) is 24.3 Å². The Balaban J connectivity index is 1.64. The van der Waals surface area contributed by atoms with E-state index in [0.717, 1.165) is 5.56 Å². The van der Waals surface area contributed by atoms with E-state index in [1.54, 1.807) is 24.3 Å². The molecule has 0 heterocycles. The molecule has 0 fully saturated rings. The number of carbonyl (C=O) groups excluding carboxylic acids is 1. The Morgan fingerprint density at radius 3 is 2.48 bits per heavy atom. The van der Waals surface area contributed by atoms with Crippen molar-refractivity contribution in [1.29, 1.82) is 0 Å². The lowest BCUT2D eigenvalue weighted by atomic mass is 10.1. The normalized spacial score (nSPS) is 10.6. The van der Waals surface area contributed by atoms with Crippen LogP contribution in [0, 0.1) is 5.82 Å². The molecule has 0 saturated heterocycles. The predicted octanol–water partition coefficient (Wildman–Crippen LogP) is 3.55. The van der Waals surface area contributed by atoms with Crippen LogP contribution in [0.25, 0.3) is 0 Å². The molecule has 0 unspecified atom stereocenters. The number of halogens is 3. The second-order valence-electron chi connectivity index (χ2n) is 5.15. The third-order valence-corrected chi connectivity index (χ3v) is 3.31. The summed E-state index contributed by atoms with van der Waals surface area (Å²) >= 11 is 0. The third kappa shape index (κ3) is 6.74. The average Bonchev–Trinajstić information content (AvgIpc) is 2.58. The number of nitrogens with one attached hydrogen (secondary N) is 1. The molecule has 0 aliphatic heterocycles. The molecule has 0 saturated carbocycles. The zero-order valence-corrected chi connectivity index (χ0v) is 13.4. The van der Waals surface area contributed by atoms with Crippen LogP contribution in [-0.4, -0.2) is 25.7 Å². The van der Waals surface area contributed by atoms with Gasteiger partial charge in [0.2, 0.25) is 5.91 Å². The summed E-state index contributed by atoms with van der Waals surface area (Å²) in [6.45, 7) is -2.38. The van der Waals surface area contributed by atoms with E-state index in [0.29, 0.717) is 13.0 Å². The molecule has 4 nitrogen and oxygen atoms in total. The zero-order valence-electron chi connectivity index (χ0n) is 13.4. The van der Waals surface area contributed by atoms with Crippen molar-refractivity contribution in [2.24, 2.45) is 0 Å². The Morgan fingerprint density at radius 1 is 1.08 bits per heavy atom. The van der Waals surface area contributed by atoms with E-state index in [1.165, 1.54) is 24.3 Å². The molecular weight excluding hydrogens is 335 g/mol. The Morgan fingerprint density at radius 2 is 1.80 bits per heavy atom. The number of hydrogen-bond acceptors (Lipinski definition) is 3. The van der Waals surface area contributed by atoms with Gasteiger partial charge in [0, 0.05) is 6.54 Å². The first-order chi connectivity index (χ1) is 12.0. The van der Waals surface area contributed by atoms with Crippen LogP contribution in [0.1, 0.15) is 12.0 Å². The van der Waals surface area contributed by atoms with Crippen molar-refractivity contribution in [2.45, 2.75) is 19.5 Å². The minimum absolute atomic E-state index is 0.0758. The van der Waals surface area contributed by atoms with Gasteiger partial charge >= 0.3 is 6.61 Å². The first-order valence-corrected chi connectivity index (χ1v) is 7.72. The van der Waals surface area contributed by atoms with Crippen molar-refractivity contribution < 1.29 is 27.4 Å². The highest BCUT2D eigenvalue weighted by Crippen LogP contribution is 2.16. The van der Waals surface area contributed by atoms with Crippen molar-refractivity contribution in [3.05, 3.63) is 59.9 Å². The Kier molecular flexibility index (Phi) is 7.13. The van der Waals surface area contributed by atoms with E-state index in [2.05, 4.69) is 10.1 Å². The number of carbonyl (C=O) groups is 1. The maximum atomic E-state index is 13.3. The molecule has 2 aromatic rings. The molecule has 7 heteroatoms. The van der Waals surface area contributed by atoms with Gasteiger partial charge in [-0.3, -0.25) is 4.79 Å². The molecule has 1 amide bonds. The second kappa shape index (κ2) is 9.56. The quantitative estimate of drug-likeness (QED) is 0.750. The molecule has 2 aromatic carbocycles. The van der Waals surface area contributed by atoms with Gasteiger partial charge in [-0.2, -0.15) is 8.78 Å². The number of alkyl halides is 2. The first kappa shape index (κ1) is 18.6. The highest BCUT2D eigenvalue weighted by Gasteiger charge is 2.06. The zero-order chi connectivity index (χ0) is 18.1. The summed E-state index contributed by atoms with van der Waals surface area (Å²) in [6, 6.07) is 12.2. The van der Waals surface area contributed by atoms with Crippen molar-refractivity contribution in [1.82, 2.24) is 5.32 Å². The minimum Gasteiger partial charge on any atom is -0.490 e. The van der Waals surface area contributed by atoms with Gasteiger partial charge in [0.25, 0.3) is 0 Å². The third-order valence-electron chi connectivity index (χ3n) is 3.31. The van der Waals surface area contributed by atoms with Crippen LogP contribution in [0.2, 0.25) is 0 Å². The number of amides is 1. The van der Waals surface area contributed by atoms with Crippen LogP contribution in [0.4, 0.5) is 13.2 Å². The van der Waals surface area contributed by atoms with Crippen molar-refractivity contribution in [3.8, 4) is 11.5 Å². The number of benzene rings is 2. The van der Waals surface area contributed by atoms with Gasteiger partial charge in [0.15, 0.2) is 11.6 Å². The van der Waals surface area contributed by atoms with Crippen LogP contribution in [-0.2, 0) is 11.2 Å². The van der Waals surface area contributed by atoms with E-state index in [-0.39, 0.29) is 30.4 Å². The molecule has 0 aromatic heterocycles. The SMILES string of the molecule is O=C(CCOc1ccccc1F)NCCc1ccc(OC(F)F)cc1. The molecular formula is C18H18F3NO3. The number of ether oxygens (including phenoxy) is 2. The maximum absolute atomic E-state index is 13.3. The molecule has 0 radical (unpaired) electrons. The maximum Gasteiger partial charge on any atom is 0.387 e. The topological polar surface area (TPSA) is 47.6 Å². The lowest BCUT2D eigenvalue weighted by Gasteiger charge is -2.08. The van der Waals surface area contributed by atoms with Crippen LogP contribution in [0.3, 0.4) is 0 Å². The smallest absolute Gasteiger partial charge is 0.387 e. The van der Waals surface area contributed by atoms with Crippen LogP contribution < -0.4 is 14.8 Å². The Hall–Kier alpha value is -2.70. The fraction of sp³-hybridized carbons (Fsp3) is 0.278. The standard InChI is InChI=1S/C18H18F3NO3/c19-15-3-1-2-4-16(15)24-12-10-17(23)22-11-9-13-5-7-14(8-6-13)25-18(20)21/h1-8,18H,9-12H2,(H,22,23). The highest BCUT2D eigenvalue weighted by molar-refractivity contribution is 5.75. The van der Waals surface area contributed by atoms with Gasteiger partial charge in [-0.05, 0) is 36.2 Å². The van der Waals surface area contributed by atoms with Crippen molar-refractivity contribution in [2.75, 3.05) is 13.2 Å². The molecule has 0 spiro atoms. The van der Waals surface area contributed by atoms with Gasteiger partial charge < -0.3 is 14.8 Å². The van der Waals surface area contributed by atoms with Crippen molar-refractivity contribution in [3.63, 3.8) is 0 Å². The predicted molar refractivity (Wildman–Crippen MR) is 86.3 cm³/mol. The van der Waals surface area contributed by atoms with Crippen LogP contribution in [0.5, 0.6) is 11.5 Å².